The molecule has 0 bridgehead atoms. The smallest absolute Gasteiger partial charge is 0.0907 e. The highest BCUT2D eigenvalue weighted by Gasteiger charge is 2.21. The van der Waals surface area contributed by atoms with Crippen molar-refractivity contribution in [1.82, 2.24) is 9.97 Å². The molecule has 1 aromatic carbocycles. The summed E-state index contributed by atoms with van der Waals surface area (Å²) in [4.78, 5) is 8.55. The SMILES string of the molecule is CC1CCC(CNc2ccc3nccnc3c2)O1. The van der Waals surface area contributed by atoms with Gasteiger partial charge in [0.15, 0.2) is 0 Å². The standard InChI is InChI=1S/C14H17N3O/c1-10-2-4-12(18-10)9-17-11-3-5-13-14(8-11)16-7-6-15-13/h3,5-8,10,12,17H,2,4,9H2,1H3. The van der Waals surface area contributed by atoms with Crippen LogP contribution >= 0.6 is 0 Å². The molecule has 0 aliphatic carbocycles. The van der Waals surface area contributed by atoms with Crippen LogP contribution in [0.4, 0.5) is 5.69 Å². The van der Waals surface area contributed by atoms with Gasteiger partial charge in [-0.15, -0.1) is 0 Å². The van der Waals surface area contributed by atoms with E-state index in [0.717, 1.165) is 36.1 Å². The topological polar surface area (TPSA) is 47.0 Å². The van der Waals surface area contributed by atoms with Gasteiger partial charge in [-0.25, -0.2) is 0 Å². The van der Waals surface area contributed by atoms with Crippen molar-refractivity contribution in [3.63, 3.8) is 0 Å². The Morgan fingerprint density at radius 2 is 2.06 bits per heavy atom. The summed E-state index contributed by atoms with van der Waals surface area (Å²) in [6.45, 7) is 2.99. The van der Waals surface area contributed by atoms with Crippen molar-refractivity contribution < 1.29 is 4.74 Å². The first-order valence-corrected chi connectivity index (χ1v) is 6.41. The maximum absolute atomic E-state index is 5.78. The second kappa shape index (κ2) is 4.90. The minimum atomic E-state index is 0.331. The molecule has 1 fully saturated rings. The van der Waals surface area contributed by atoms with E-state index in [1.54, 1.807) is 12.4 Å². The van der Waals surface area contributed by atoms with Crippen LogP contribution in [-0.4, -0.2) is 28.7 Å². The molecule has 2 unspecified atom stereocenters. The quantitative estimate of drug-likeness (QED) is 0.900. The van der Waals surface area contributed by atoms with Gasteiger partial charge in [0, 0.05) is 24.6 Å². The number of nitrogens with zero attached hydrogens (tertiary/aromatic N) is 2. The highest BCUT2D eigenvalue weighted by Crippen LogP contribution is 2.20. The predicted octanol–water partition coefficient (Wildman–Crippen LogP) is 2.61. The number of hydrogen-bond donors (Lipinski definition) is 1. The fraction of sp³-hybridized carbons (Fsp3) is 0.429. The summed E-state index contributed by atoms with van der Waals surface area (Å²) in [5, 5.41) is 3.41. The average molecular weight is 243 g/mol. The molecular weight excluding hydrogens is 226 g/mol. The molecule has 0 saturated carbocycles. The Balaban J connectivity index is 1.67. The van der Waals surface area contributed by atoms with E-state index in [1.165, 1.54) is 0 Å². The number of fused-ring (bicyclic) bond motifs is 1. The van der Waals surface area contributed by atoms with Gasteiger partial charge in [0.2, 0.25) is 0 Å². The molecule has 1 aromatic heterocycles. The summed E-state index contributed by atoms with van der Waals surface area (Å²) in [6.07, 6.45) is 6.46. The van der Waals surface area contributed by atoms with Gasteiger partial charge in [-0.1, -0.05) is 0 Å². The number of ether oxygens (including phenoxy) is 1. The Kier molecular flexibility index (Phi) is 3.11. The summed E-state index contributed by atoms with van der Waals surface area (Å²) in [5.41, 5.74) is 2.92. The first-order valence-electron chi connectivity index (χ1n) is 6.41. The fourth-order valence-corrected chi connectivity index (χ4v) is 2.34. The monoisotopic (exact) mass is 243 g/mol. The molecule has 1 N–H and O–H groups in total. The van der Waals surface area contributed by atoms with Crippen molar-refractivity contribution in [3.8, 4) is 0 Å². The molecule has 4 heteroatoms. The van der Waals surface area contributed by atoms with Crippen molar-refractivity contribution in [3.05, 3.63) is 30.6 Å². The van der Waals surface area contributed by atoms with Crippen LogP contribution in [0.15, 0.2) is 30.6 Å². The Bertz CT molecular complexity index is 543. The summed E-state index contributed by atoms with van der Waals surface area (Å²) in [7, 11) is 0. The van der Waals surface area contributed by atoms with E-state index in [0.29, 0.717) is 12.2 Å². The van der Waals surface area contributed by atoms with Crippen LogP contribution in [0, 0.1) is 0 Å². The van der Waals surface area contributed by atoms with Crippen LogP contribution in [0.3, 0.4) is 0 Å². The lowest BCUT2D eigenvalue weighted by Crippen LogP contribution is -2.19. The third-order valence-corrected chi connectivity index (χ3v) is 3.32. The van der Waals surface area contributed by atoms with Gasteiger partial charge in [0.05, 0.1) is 23.2 Å². The van der Waals surface area contributed by atoms with E-state index in [-0.39, 0.29) is 0 Å². The number of rotatable bonds is 3. The van der Waals surface area contributed by atoms with Crippen molar-refractivity contribution in [1.29, 1.82) is 0 Å². The number of aromatic nitrogens is 2. The maximum Gasteiger partial charge on any atom is 0.0907 e. The largest absolute Gasteiger partial charge is 0.382 e. The van der Waals surface area contributed by atoms with E-state index < -0.39 is 0 Å². The van der Waals surface area contributed by atoms with Gasteiger partial charge in [-0.05, 0) is 38.0 Å². The third-order valence-electron chi connectivity index (χ3n) is 3.32. The van der Waals surface area contributed by atoms with Crippen LogP contribution in [0.2, 0.25) is 0 Å². The second-order valence-corrected chi connectivity index (χ2v) is 4.79. The van der Waals surface area contributed by atoms with Crippen LogP contribution in [0.25, 0.3) is 11.0 Å². The molecule has 1 aliphatic heterocycles. The third kappa shape index (κ3) is 2.43. The Hall–Kier alpha value is -1.68. The highest BCUT2D eigenvalue weighted by atomic mass is 16.5. The van der Waals surface area contributed by atoms with Crippen LogP contribution in [0.1, 0.15) is 19.8 Å². The number of hydrogen-bond acceptors (Lipinski definition) is 4. The van der Waals surface area contributed by atoms with E-state index in [9.17, 15) is 0 Å². The van der Waals surface area contributed by atoms with Crippen molar-refractivity contribution >= 4 is 16.7 Å². The van der Waals surface area contributed by atoms with Gasteiger partial charge in [-0.3, -0.25) is 9.97 Å². The zero-order chi connectivity index (χ0) is 12.4. The Morgan fingerprint density at radius 3 is 2.83 bits per heavy atom. The minimum absolute atomic E-state index is 0.331. The number of nitrogens with one attached hydrogen (secondary N) is 1. The van der Waals surface area contributed by atoms with E-state index in [2.05, 4.69) is 22.2 Å². The van der Waals surface area contributed by atoms with Crippen molar-refractivity contribution in [2.24, 2.45) is 0 Å². The molecule has 1 saturated heterocycles. The molecule has 0 amide bonds. The van der Waals surface area contributed by atoms with Gasteiger partial charge < -0.3 is 10.1 Å². The van der Waals surface area contributed by atoms with Gasteiger partial charge >= 0.3 is 0 Å². The Labute approximate surface area is 106 Å². The van der Waals surface area contributed by atoms with Gasteiger partial charge in [-0.2, -0.15) is 0 Å². The zero-order valence-corrected chi connectivity index (χ0v) is 10.5. The van der Waals surface area contributed by atoms with E-state index in [4.69, 9.17) is 4.74 Å². The van der Waals surface area contributed by atoms with E-state index in [1.807, 2.05) is 18.2 Å². The lowest BCUT2D eigenvalue weighted by molar-refractivity contribution is 0.0637. The molecule has 0 spiro atoms. The average Bonchev–Trinajstić information content (AvgIpc) is 2.82. The maximum atomic E-state index is 5.78. The van der Waals surface area contributed by atoms with Crippen molar-refractivity contribution in [2.45, 2.75) is 32.0 Å². The first kappa shape index (κ1) is 11.4. The number of anilines is 1. The summed E-state index contributed by atoms with van der Waals surface area (Å²) in [5.74, 6) is 0. The number of benzene rings is 1. The fourth-order valence-electron chi connectivity index (χ4n) is 2.34. The molecule has 1 aliphatic rings. The zero-order valence-electron chi connectivity index (χ0n) is 10.5. The lowest BCUT2D eigenvalue weighted by Gasteiger charge is -2.13. The molecule has 2 atom stereocenters. The minimum Gasteiger partial charge on any atom is -0.382 e. The van der Waals surface area contributed by atoms with E-state index >= 15 is 0 Å². The van der Waals surface area contributed by atoms with Crippen LogP contribution < -0.4 is 5.32 Å². The van der Waals surface area contributed by atoms with Gasteiger partial charge in [0.1, 0.15) is 0 Å². The molecule has 2 aromatic rings. The molecule has 4 nitrogen and oxygen atoms in total. The second-order valence-electron chi connectivity index (χ2n) is 4.79. The molecule has 18 heavy (non-hydrogen) atoms. The molecule has 2 heterocycles. The van der Waals surface area contributed by atoms with Crippen molar-refractivity contribution in [2.75, 3.05) is 11.9 Å². The predicted molar refractivity (Wildman–Crippen MR) is 71.6 cm³/mol. The molecule has 0 radical (unpaired) electrons. The summed E-state index contributed by atoms with van der Waals surface area (Å²) >= 11 is 0. The first-order chi connectivity index (χ1) is 8.81. The van der Waals surface area contributed by atoms with Crippen LogP contribution in [0.5, 0.6) is 0 Å². The Morgan fingerprint density at radius 1 is 1.22 bits per heavy atom. The molecule has 3 rings (SSSR count). The lowest BCUT2D eigenvalue weighted by atomic mass is 10.2. The van der Waals surface area contributed by atoms with Gasteiger partial charge in [0.25, 0.3) is 0 Å². The summed E-state index contributed by atoms with van der Waals surface area (Å²) in [6, 6.07) is 6.05. The summed E-state index contributed by atoms with van der Waals surface area (Å²) < 4.78 is 5.78. The van der Waals surface area contributed by atoms with Crippen LogP contribution in [-0.2, 0) is 4.74 Å². The molecular formula is C14H17N3O. The molecule has 94 valence electrons. The highest BCUT2D eigenvalue weighted by molar-refractivity contribution is 5.78. The normalized spacial score (nSPS) is 23.4.